The highest BCUT2D eigenvalue weighted by Crippen LogP contribution is 2.27. The minimum atomic E-state index is 0.598. The molecule has 0 radical (unpaired) electrons. The molecule has 1 atom stereocenters. The van der Waals surface area contributed by atoms with Crippen molar-refractivity contribution in [1.82, 2.24) is 5.32 Å². The van der Waals surface area contributed by atoms with E-state index in [4.69, 9.17) is 0 Å². The van der Waals surface area contributed by atoms with Crippen molar-refractivity contribution in [2.75, 3.05) is 24.5 Å². The number of rotatable bonds is 2. The van der Waals surface area contributed by atoms with Crippen LogP contribution < -0.4 is 10.2 Å². The van der Waals surface area contributed by atoms with E-state index in [1.807, 2.05) is 11.3 Å². The van der Waals surface area contributed by atoms with Crippen molar-refractivity contribution in [2.45, 2.75) is 26.3 Å². The molecule has 19 heavy (non-hydrogen) atoms. The molecule has 3 rings (SSSR count). The molecule has 0 saturated carbocycles. The highest BCUT2D eigenvalue weighted by atomic mass is 32.1. The number of nitrogens with zero attached hydrogens (tertiary/aromatic N) is 1. The second kappa shape index (κ2) is 5.51. The van der Waals surface area contributed by atoms with Gasteiger partial charge in [0.2, 0.25) is 0 Å². The van der Waals surface area contributed by atoms with Crippen molar-refractivity contribution in [2.24, 2.45) is 5.92 Å². The van der Waals surface area contributed by atoms with Crippen LogP contribution in [-0.4, -0.2) is 25.7 Å². The van der Waals surface area contributed by atoms with Gasteiger partial charge in [-0.15, -0.1) is 11.3 Å². The average Bonchev–Trinajstić information content (AvgIpc) is 2.72. The van der Waals surface area contributed by atoms with Gasteiger partial charge in [-0.2, -0.15) is 0 Å². The summed E-state index contributed by atoms with van der Waals surface area (Å²) < 4.78 is 1.39. The fraction of sp³-hybridized carbons (Fsp3) is 0.500. The van der Waals surface area contributed by atoms with Gasteiger partial charge in [0.15, 0.2) is 0 Å². The predicted molar refractivity (Wildman–Crippen MR) is 85.3 cm³/mol. The highest BCUT2D eigenvalue weighted by Gasteiger charge is 2.20. The second-order valence-corrected chi connectivity index (χ2v) is 6.69. The molecule has 3 heteroatoms. The van der Waals surface area contributed by atoms with Crippen molar-refractivity contribution in [3.8, 4) is 0 Å². The largest absolute Gasteiger partial charge is 0.370 e. The Balaban J connectivity index is 1.86. The average molecular weight is 274 g/mol. The van der Waals surface area contributed by atoms with Crippen LogP contribution in [-0.2, 0) is 0 Å². The first kappa shape index (κ1) is 12.9. The molecule has 0 spiro atoms. The van der Waals surface area contributed by atoms with Gasteiger partial charge in [0.05, 0.1) is 0 Å². The lowest BCUT2D eigenvalue weighted by molar-refractivity contribution is 0.420. The summed E-state index contributed by atoms with van der Waals surface area (Å²) in [5.41, 5.74) is 1.38. The van der Waals surface area contributed by atoms with Gasteiger partial charge < -0.3 is 10.2 Å². The van der Waals surface area contributed by atoms with Gasteiger partial charge in [0.25, 0.3) is 0 Å². The van der Waals surface area contributed by atoms with Crippen LogP contribution in [0.25, 0.3) is 10.1 Å². The minimum absolute atomic E-state index is 0.598. The van der Waals surface area contributed by atoms with E-state index in [1.165, 1.54) is 22.2 Å². The van der Waals surface area contributed by atoms with E-state index in [2.05, 4.69) is 53.7 Å². The van der Waals surface area contributed by atoms with Crippen molar-refractivity contribution in [3.63, 3.8) is 0 Å². The normalized spacial score (nSPS) is 21.0. The number of nitrogens with one attached hydrogen (secondary N) is 1. The summed E-state index contributed by atoms with van der Waals surface area (Å²) in [6.07, 6.45) is 1.23. The smallest absolute Gasteiger partial charge is 0.0373 e. The Morgan fingerprint density at radius 2 is 2.21 bits per heavy atom. The molecule has 1 aliphatic heterocycles. The lowest BCUT2D eigenvalue weighted by Crippen LogP contribution is -2.41. The summed E-state index contributed by atoms with van der Waals surface area (Å²) in [6.45, 7) is 8.03. The number of thiophene rings is 1. The molecule has 0 bridgehead atoms. The Hall–Kier alpha value is -1.06. The number of anilines is 1. The SMILES string of the molecule is CC(C)C1CN(c2ccc3sccc3c2)CCCN1. The fourth-order valence-electron chi connectivity index (χ4n) is 2.78. The summed E-state index contributed by atoms with van der Waals surface area (Å²) in [4.78, 5) is 2.54. The molecule has 1 fully saturated rings. The molecule has 1 N–H and O–H groups in total. The molecule has 102 valence electrons. The van der Waals surface area contributed by atoms with Gasteiger partial charge in [-0.1, -0.05) is 13.8 Å². The molecular formula is C16H22N2S. The Morgan fingerprint density at radius 3 is 3.05 bits per heavy atom. The van der Waals surface area contributed by atoms with E-state index in [-0.39, 0.29) is 0 Å². The van der Waals surface area contributed by atoms with Crippen LogP contribution in [0, 0.1) is 5.92 Å². The van der Waals surface area contributed by atoms with Crippen LogP contribution in [0.15, 0.2) is 29.6 Å². The van der Waals surface area contributed by atoms with Crippen LogP contribution in [0.3, 0.4) is 0 Å². The first-order valence-electron chi connectivity index (χ1n) is 7.19. The van der Waals surface area contributed by atoms with Gasteiger partial charge >= 0.3 is 0 Å². The minimum Gasteiger partial charge on any atom is -0.370 e. The van der Waals surface area contributed by atoms with Gasteiger partial charge in [-0.3, -0.25) is 0 Å². The molecule has 1 aromatic heterocycles. The number of fused-ring (bicyclic) bond motifs is 1. The Kier molecular flexibility index (Phi) is 3.76. The summed E-state index contributed by atoms with van der Waals surface area (Å²) in [6, 6.07) is 9.70. The third-order valence-electron chi connectivity index (χ3n) is 4.03. The Labute approximate surface area is 119 Å². The van der Waals surface area contributed by atoms with E-state index in [9.17, 15) is 0 Å². The molecule has 2 aromatic rings. The molecule has 1 unspecified atom stereocenters. The van der Waals surface area contributed by atoms with Gasteiger partial charge in [0.1, 0.15) is 0 Å². The third kappa shape index (κ3) is 2.77. The Morgan fingerprint density at radius 1 is 1.32 bits per heavy atom. The maximum atomic E-state index is 3.67. The Bertz CT molecular complexity index is 546. The molecular weight excluding hydrogens is 252 g/mol. The maximum absolute atomic E-state index is 3.67. The fourth-order valence-corrected chi connectivity index (χ4v) is 3.55. The zero-order valence-corrected chi connectivity index (χ0v) is 12.5. The lowest BCUT2D eigenvalue weighted by atomic mass is 10.0. The van der Waals surface area contributed by atoms with Crippen molar-refractivity contribution < 1.29 is 0 Å². The van der Waals surface area contributed by atoms with E-state index < -0.39 is 0 Å². The number of hydrogen-bond acceptors (Lipinski definition) is 3. The zero-order valence-electron chi connectivity index (χ0n) is 11.7. The molecule has 1 aromatic carbocycles. The first-order valence-corrected chi connectivity index (χ1v) is 8.07. The zero-order chi connectivity index (χ0) is 13.2. The van der Waals surface area contributed by atoms with Crippen LogP contribution >= 0.6 is 11.3 Å². The highest BCUT2D eigenvalue weighted by molar-refractivity contribution is 7.17. The van der Waals surface area contributed by atoms with Crippen LogP contribution in [0.2, 0.25) is 0 Å². The van der Waals surface area contributed by atoms with Crippen LogP contribution in [0.4, 0.5) is 5.69 Å². The van der Waals surface area contributed by atoms with Crippen LogP contribution in [0.5, 0.6) is 0 Å². The monoisotopic (exact) mass is 274 g/mol. The molecule has 1 aliphatic rings. The van der Waals surface area contributed by atoms with Crippen molar-refractivity contribution in [1.29, 1.82) is 0 Å². The van der Waals surface area contributed by atoms with Crippen molar-refractivity contribution in [3.05, 3.63) is 29.6 Å². The molecule has 2 nitrogen and oxygen atoms in total. The third-order valence-corrected chi connectivity index (χ3v) is 4.93. The molecule has 2 heterocycles. The summed E-state index contributed by atoms with van der Waals surface area (Å²) in [7, 11) is 0. The predicted octanol–water partition coefficient (Wildman–Crippen LogP) is 3.73. The van der Waals surface area contributed by atoms with E-state index in [0.29, 0.717) is 12.0 Å². The summed E-state index contributed by atoms with van der Waals surface area (Å²) in [5, 5.41) is 7.23. The number of hydrogen-bond donors (Lipinski definition) is 1. The molecule has 0 amide bonds. The number of benzene rings is 1. The lowest BCUT2D eigenvalue weighted by Gasteiger charge is -2.28. The summed E-state index contributed by atoms with van der Waals surface area (Å²) in [5.74, 6) is 0.686. The standard InChI is InChI=1S/C16H22N2S/c1-12(2)15-11-18(8-3-7-17-15)14-4-5-16-13(10-14)6-9-19-16/h4-6,9-10,12,15,17H,3,7-8,11H2,1-2H3. The second-order valence-electron chi connectivity index (χ2n) is 5.75. The van der Waals surface area contributed by atoms with E-state index >= 15 is 0 Å². The quantitative estimate of drug-likeness (QED) is 0.898. The molecule has 1 saturated heterocycles. The molecule has 0 aliphatic carbocycles. The topological polar surface area (TPSA) is 15.3 Å². The van der Waals surface area contributed by atoms with E-state index in [0.717, 1.165) is 19.6 Å². The van der Waals surface area contributed by atoms with Gasteiger partial charge in [-0.05, 0) is 53.9 Å². The van der Waals surface area contributed by atoms with Gasteiger partial charge in [0, 0.05) is 29.5 Å². The first-order chi connectivity index (χ1) is 9.24. The van der Waals surface area contributed by atoms with Gasteiger partial charge in [-0.25, -0.2) is 0 Å². The summed E-state index contributed by atoms with van der Waals surface area (Å²) >= 11 is 1.82. The maximum Gasteiger partial charge on any atom is 0.0373 e. The van der Waals surface area contributed by atoms with E-state index in [1.54, 1.807) is 0 Å². The van der Waals surface area contributed by atoms with Crippen LogP contribution in [0.1, 0.15) is 20.3 Å². The van der Waals surface area contributed by atoms with Crippen molar-refractivity contribution >= 4 is 27.1 Å².